The predicted molar refractivity (Wildman–Crippen MR) is 151 cm³/mol. The summed E-state index contributed by atoms with van der Waals surface area (Å²) in [5.41, 5.74) is 2.48. The van der Waals surface area contributed by atoms with Crippen LogP contribution in [0.1, 0.15) is 49.2 Å². The molecule has 4 atom stereocenters. The number of amides is 1. The van der Waals surface area contributed by atoms with Gasteiger partial charge < -0.3 is 10.2 Å². The lowest BCUT2D eigenvalue weighted by Crippen LogP contribution is -2.51. The molecule has 3 aromatic carbocycles. The number of carbonyl (C=O) groups excluding carboxylic acids is 3. The molecular weight excluding hydrogens is 496 g/mol. The number of para-hydroxylation sites is 2. The molecule has 0 radical (unpaired) electrons. The fourth-order valence-electron chi connectivity index (χ4n) is 6.66. The second-order valence-corrected chi connectivity index (χ2v) is 11.9. The third-order valence-electron chi connectivity index (χ3n) is 8.31. The summed E-state index contributed by atoms with van der Waals surface area (Å²) in [6.45, 7) is 7.62. The monoisotopic (exact) mass is 524 g/mol. The van der Waals surface area contributed by atoms with Crippen LogP contribution < -0.4 is 10.2 Å². The van der Waals surface area contributed by atoms with Gasteiger partial charge in [0, 0.05) is 27.9 Å². The first-order valence-electron chi connectivity index (χ1n) is 12.9. The van der Waals surface area contributed by atoms with Crippen LogP contribution in [0.3, 0.4) is 0 Å². The first-order valence-corrected chi connectivity index (χ1v) is 13.3. The Morgan fingerprint density at radius 2 is 1.61 bits per heavy atom. The topological polar surface area (TPSA) is 66.5 Å². The van der Waals surface area contributed by atoms with Crippen molar-refractivity contribution in [1.29, 1.82) is 0 Å². The molecule has 0 aliphatic carbocycles. The zero-order chi connectivity index (χ0) is 27.0. The molecule has 38 heavy (non-hydrogen) atoms. The standard InChI is InChI=1S/C32H29ClN2O3/c1-18-17-25-32(21-13-7-9-15-23(21)34-30(32)38)26(28(36)20-12-5-8-14-22(20)33)27(29(37)31(2,3)4)35(25)24-16-10-6-11-19(18)24/h5-17,25-27H,1-4H3,(H,34,38)/t25-,26+,27-,32+/m0/s1. The fraction of sp³-hybridized carbons (Fsp3) is 0.281. The van der Waals surface area contributed by atoms with Crippen molar-refractivity contribution >= 4 is 46.0 Å². The highest BCUT2D eigenvalue weighted by atomic mass is 35.5. The third-order valence-corrected chi connectivity index (χ3v) is 8.64. The number of hydrogen-bond donors (Lipinski definition) is 1. The van der Waals surface area contributed by atoms with Gasteiger partial charge in [0.15, 0.2) is 11.6 Å². The molecule has 3 aliphatic rings. The van der Waals surface area contributed by atoms with Crippen LogP contribution in [-0.4, -0.2) is 29.6 Å². The second-order valence-electron chi connectivity index (χ2n) is 11.5. The van der Waals surface area contributed by atoms with Gasteiger partial charge in [-0.2, -0.15) is 0 Å². The Bertz CT molecular complexity index is 1550. The Hall–Kier alpha value is -3.70. The van der Waals surface area contributed by atoms with Gasteiger partial charge in [0.25, 0.3) is 0 Å². The van der Waals surface area contributed by atoms with Crippen LogP contribution in [-0.2, 0) is 15.0 Å². The van der Waals surface area contributed by atoms with Crippen molar-refractivity contribution < 1.29 is 14.4 Å². The Labute approximate surface area is 227 Å². The summed E-state index contributed by atoms with van der Waals surface area (Å²) in [4.78, 5) is 45.5. The number of carbonyl (C=O) groups is 3. The van der Waals surface area contributed by atoms with Gasteiger partial charge >= 0.3 is 0 Å². The fourth-order valence-corrected chi connectivity index (χ4v) is 6.89. The number of rotatable bonds is 3. The zero-order valence-electron chi connectivity index (χ0n) is 21.8. The minimum absolute atomic E-state index is 0.0929. The van der Waals surface area contributed by atoms with Crippen molar-refractivity contribution in [2.45, 2.75) is 45.2 Å². The number of nitrogens with one attached hydrogen (secondary N) is 1. The van der Waals surface area contributed by atoms with Crippen LogP contribution in [0.2, 0.25) is 5.02 Å². The van der Waals surface area contributed by atoms with Gasteiger partial charge in [0.1, 0.15) is 11.5 Å². The number of ketones is 2. The number of anilines is 2. The number of benzene rings is 3. The van der Waals surface area contributed by atoms with Gasteiger partial charge in [-0.15, -0.1) is 0 Å². The van der Waals surface area contributed by atoms with Crippen LogP contribution in [0.5, 0.6) is 0 Å². The SMILES string of the molecule is CC1=C[C@@H]2N(c3ccccc31)[C@H](C(=O)C(C)(C)C)[C@H](C(=O)c1ccccc1Cl)[C@]21C(=O)Nc2ccccc21. The van der Waals surface area contributed by atoms with E-state index in [0.717, 1.165) is 22.4 Å². The molecule has 1 saturated heterocycles. The third kappa shape index (κ3) is 3.21. The van der Waals surface area contributed by atoms with Crippen molar-refractivity contribution in [1.82, 2.24) is 0 Å². The second kappa shape index (κ2) is 8.40. The van der Waals surface area contributed by atoms with Crippen molar-refractivity contribution in [2.24, 2.45) is 11.3 Å². The summed E-state index contributed by atoms with van der Waals surface area (Å²) in [5, 5.41) is 3.36. The average Bonchev–Trinajstić information content (AvgIpc) is 3.36. The normalized spacial score (nSPS) is 25.4. The average molecular weight is 525 g/mol. The van der Waals surface area contributed by atoms with E-state index in [1.807, 2.05) is 81.1 Å². The molecule has 1 N–H and O–H groups in total. The Kier molecular flexibility index (Phi) is 5.45. The Morgan fingerprint density at radius 1 is 0.947 bits per heavy atom. The number of allylic oxidation sites excluding steroid dienone is 1. The largest absolute Gasteiger partial charge is 0.352 e. The van der Waals surface area contributed by atoms with E-state index in [9.17, 15) is 14.4 Å². The summed E-state index contributed by atoms with van der Waals surface area (Å²) >= 11 is 6.57. The maximum Gasteiger partial charge on any atom is 0.238 e. The van der Waals surface area contributed by atoms with Gasteiger partial charge in [-0.25, -0.2) is 0 Å². The van der Waals surface area contributed by atoms with Gasteiger partial charge in [-0.1, -0.05) is 87.0 Å². The van der Waals surface area contributed by atoms with E-state index >= 15 is 0 Å². The lowest BCUT2D eigenvalue weighted by molar-refractivity contribution is -0.128. The summed E-state index contributed by atoms with van der Waals surface area (Å²) < 4.78 is 0. The molecule has 0 aromatic heterocycles. The zero-order valence-corrected chi connectivity index (χ0v) is 22.5. The van der Waals surface area contributed by atoms with E-state index in [1.54, 1.807) is 24.3 Å². The molecule has 0 unspecified atom stereocenters. The van der Waals surface area contributed by atoms with Gasteiger partial charge in [-0.05, 0) is 42.3 Å². The van der Waals surface area contributed by atoms with E-state index in [4.69, 9.17) is 11.6 Å². The highest BCUT2D eigenvalue weighted by molar-refractivity contribution is 6.34. The smallest absolute Gasteiger partial charge is 0.238 e. The van der Waals surface area contributed by atoms with E-state index in [-0.39, 0.29) is 17.5 Å². The molecule has 1 amide bonds. The summed E-state index contributed by atoms with van der Waals surface area (Å²) in [6.07, 6.45) is 2.06. The Balaban J connectivity index is 1.72. The summed E-state index contributed by atoms with van der Waals surface area (Å²) in [6, 6.07) is 20.9. The molecule has 0 saturated carbocycles. The molecule has 5 nitrogen and oxygen atoms in total. The van der Waals surface area contributed by atoms with Gasteiger partial charge in [0.2, 0.25) is 5.91 Å². The van der Waals surface area contributed by atoms with E-state index in [2.05, 4.69) is 11.4 Å². The van der Waals surface area contributed by atoms with Crippen molar-refractivity contribution in [3.05, 3.63) is 101 Å². The minimum Gasteiger partial charge on any atom is -0.352 e. The highest BCUT2D eigenvalue weighted by Crippen LogP contribution is 2.59. The van der Waals surface area contributed by atoms with Crippen LogP contribution in [0.15, 0.2) is 78.9 Å². The number of Topliss-reactive ketones (excluding diaryl/α,β-unsaturated/α-hetero) is 2. The maximum absolute atomic E-state index is 14.7. The van der Waals surface area contributed by atoms with Crippen LogP contribution in [0.25, 0.3) is 5.57 Å². The molecule has 1 fully saturated rings. The number of hydrogen-bond acceptors (Lipinski definition) is 4. The number of nitrogens with zero attached hydrogens (tertiary/aromatic N) is 1. The first kappa shape index (κ1) is 24.6. The Morgan fingerprint density at radius 3 is 2.34 bits per heavy atom. The maximum atomic E-state index is 14.7. The van der Waals surface area contributed by atoms with Gasteiger partial charge in [-0.3, -0.25) is 14.4 Å². The molecule has 192 valence electrons. The molecule has 6 rings (SSSR count). The van der Waals surface area contributed by atoms with E-state index < -0.39 is 28.8 Å². The molecule has 3 aromatic rings. The minimum atomic E-state index is -1.33. The quantitative estimate of drug-likeness (QED) is 0.407. The van der Waals surface area contributed by atoms with E-state index in [1.165, 1.54) is 0 Å². The van der Waals surface area contributed by atoms with Crippen molar-refractivity contribution in [2.75, 3.05) is 10.2 Å². The summed E-state index contributed by atoms with van der Waals surface area (Å²) in [5.74, 6) is -1.67. The molecule has 6 heteroatoms. The number of halogens is 1. The molecule has 0 bridgehead atoms. The summed E-state index contributed by atoms with van der Waals surface area (Å²) in [7, 11) is 0. The lowest BCUT2D eigenvalue weighted by atomic mass is 9.63. The van der Waals surface area contributed by atoms with Crippen LogP contribution in [0, 0.1) is 11.3 Å². The van der Waals surface area contributed by atoms with Gasteiger partial charge in [0.05, 0.1) is 17.0 Å². The molecule has 3 heterocycles. The highest BCUT2D eigenvalue weighted by Gasteiger charge is 2.71. The molecule has 3 aliphatic heterocycles. The lowest BCUT2D eigenvalue weighted by Gasteiger charge is -2.39. The molecule has 1 spiro atoms. The first-order chi connectivity index (χ1) is 18.1. The van der Waals surface area contributed by atoms with Crippen molar-refractivity contribution in [3.63, 3.8) is 0 Å². The van der Waals surface area contributed by atoms with E-state index in [0.29, 0.717) is 16.3 Å². The number of fused-ring (bicyclic) bond motifs is 6. The van der Waals surface area contributed by atoms with Crippen LogP contribution in [0.4, 0.5) is 11.4 Å². The predicted octanol–water partition coefficient (Wildman–Crippen LogP) is 6.32. The van der Waals surface area contributed by atoms with Crippen LogP contribution >= 0.6 is 11.6 Å². The van der Waals surface area contributed by atoms with Crippen molar-refractivity contribution in [3.8, 4) is 0 Å². The molecular formula is C32H29ClN2O3.